The summed E-state index contributed by atoms with van der Waals surface area (Å²) in [6, 6.07) is 5.71. The molecular weight excluding hydrogens is 569 g/mol. The normalized spacial score (nSPS) is 21.0. The Hall–Kier alpha value is -3.83. The molecule has 1 N–H and O–H groups in total. The molecule has 1 unspecified atom stereocenters. The van der Waals surface area contributed by atoms with Gasteiger partial charge < -0.3 is 24.3 Å². The highest BCUT2D eigenvalue weighted by atomic mass is 19.4. The zero-order chi connectivity index (χ0) is 31.6. The van der Waals surface area contributed by atoms with Gasteiger partial charge in [-0.05, 0) is 62.1 Å². The first kappa shape index (κ1) is 33.7. The predicted molar refractivity (Wildman–Crippen MR) is 150 cm³/mol. The third-order valence-electron chi connectivity index (χ3n) is 7.61. The zero-order valence-electron chi connectivity index (χ0n) is 24.9. The number of esters is 2. The number of unbranched alkanes of at least 4 members (excludes halogenated alkanes) is 1. The molecule has 0 saturated carbocycles. The summed E-state index contributed by atoms with van der Waals surface area (Å²) in [6.45, 7) is 4.63. The second-order valence-corrected chi connectivity index (χ2v) is 10.7. The maximum Gasteiger partial charge on any atom is 0.416 e. The summed E-state index contributed by atoms with van der Waals surface area (Å²) < 4.78 is 60.7. The van der Waals surface area contributed by atoms with Gasteiger partial charge in [0.15, 0.2) is 17.2 Å². The number of hydrogen-bond donors (Lipinski definition) is 1. The predicted octanol–water partition coefficient (Wildman–Crippen LogP) is 5.89. The van der Waals surface area contributed by atoms with Crippen LogP contribution in [0.4, 0.5) is 13.2 Å². The number of halogens is 3. The van der Waals surface area contributed by atoms with Crippen molar-refractivity contribution >= 4 is 17.8 Å². The van der Waals surface area contributed by atoms with E-state index >= 15 is 0 Å². The Morgan fingerprint density at radius 1 is 1.14 bits per heavy atom. The summed E-state index contributed by atoms with van der Waals surface area (Å²) in [6.07, 6.45) is 1.21. The molecule has 0 radical (unpaired) electrons. The number of aromatic nitrogens is 1. The number of alkyl halides is 3. The van der Waals surface area contributed by atoms with Crippen LogP contribution in [0.1, 0.15) is 80.9 Å². The van der Waals surface area contributed by atoms with E-state index in [1.807, 2.05) is 6.92 Å². The highest BCUT2D eigenvalue weighted by Crippen LogP contribution is 2.35. The highest BCUT2D eigenvalue weighted by molar-refractivity contribution is 5.98. The molecule has 0 spiro atoms. The van der Waals surface area contributed by atoms with Crippen molar-refractivity contribution in [2.45, 2.75) is 84.0 Å². The Kier molecular flexibility index (Phi) is 12.2. The summed E-state index contributed by atoms with van der Waals surface area (Å²) >= 11 is 0. The molecule has 236 valence electrons. The lowest BCUT2D eigenvalue weighted by Gasteiger charge is -2.31. The first-order chi connectivity index (χ1) is 20.4. The lowest BCUT2D eigenvalue weighted by molar-refractivity contribution is -0.154. The minimum absolute atomic E-state index is 0.0121. The average Bonchev–Trinajstić information content (AvgIpc) is 3.00. The van der Waals surface area contributed by atoms with Crippen molar-refractivity contribution in [1.29, 1.82) is 0 Å². The number of ether oxygens (including phenoxy) is 4. The Morgan fingerprint density at radius 2 is 1.86 bits per heavy atom. The van der Waals surface area contributed by atoms with Gasteiger partial charge in [0.2, 0.25) is 6.79 Å². The van der Waals surface area contributed by atoms with Crippen LogP contribution < -0.4 is 14.8 Å². The lowest BCUT2D eigenvalue weighted by Crippen LogP contribution is -2.43. The molecule has 1 aromatic heterocycles. The van der Waals surface area contributed by atoms with Gasteiger partial charge in [0, 0.05) is 19.2 Å². The number of amides is 1. The van der Waals surface area contributed by atoms with E-state index in [1.165, 1.54) is 38.4 Å². The van der Waals surface area contributed by atoms with Crippen molar-refractivity contribution in [1.82, 2.24) is 10.3 Å². The molecule has 43 heavy (non-hydrogen) atoms. The van der Waals surface area contributed by atoms with Crippen molar-refractivity contribution < 1.29 is 46.5 Å². The number of pyridine rings is 1. The van der Waals surface area contributed by atoms with Crippen molar-refractivity contribution in [2.75, 3.05) is 13.9 Å². The Bertz CT molecular complexity index is 1240. The minimum Gasteiger partial charge on any atom is -0.493 e. The van der Waals surface area contributed by atoms with Crippen LogP contribution in [0.5, 0.6) is 11.5 Å². The molecule has 1 amide bonds. The highest BCUT2D eigenvalue weighted by Gasteiger charge is 2.35. The minimum atomic E-state index is -4.40. The summed E-state index contributed by atoms with van der Waals surface area (Å²) in [4.78, 5) is 41.9. The van der Waals surface area contributed by atoms with Gasteiger partial charge in [-0.15, -0.1) is 0 Å². The van der Waals surface area contributed by atoms with Crippen LogP contribution >= 0.6 is 0 Å². The van der Waals surface area contributed by atoms with Crippen LogP contribution in [0.2, 0.25) is 0 Å². The van der Waals surface area contributed by atoms with Crippen LogP contribution in [0.25, 0.3) is 0 Å². The van der Waals surface area contributed by atoms with E-state index in [0.717, 1.165) is 37.0 Å². The van der Waals surface area contributed by atoms with Gasteiger partial charge in [-0.3, -0.25) is 9.59 Å². The molecule has 2 heterocycles. The van der Waals surface area contributed by atoms with Crippen LogP contribution in [0, 0.1) is 11.8 Å². The van der Waals surface area contributed by atoms with E-state index in [1.54, 1.807) is 0 Å². The van der Waals surface area contributed by atoms with E-state index in [0.29, 0.717) is 19.3 Å². The van der Waals surface area contributed by atoms with Gasteiger partial charge in [-0.25, -0.2) is 9.78 Å². The standard InChI is InChI=1S/C31H39F3N2O7/c1-5-6-9-24-19(2)43-30(39)25(10-7-8-22(24)17-21-11-13-23(14-12-21)31(32,33)34)36-29(38)27-28(42-18-41-20(3)37)26(40-4)15-16-35-27/h11-16,19,22,24-25H,5-10,17-18H2,1-4H3,(H,36,38)/t19-,22+,24-,25?/m0/s1. The van der Waals surface area contributed by atoms with E-state index in [4.69, 9.17) is 18.9 Å². The third kappa shape index (κ3) is 9.59. The number of hydrogen-bond acceptors (Lipinski definition) is 8. The largest absolute Gasteiger partial charge is 0.493 e. The first-order valence-corrected chi connectivity index (χ1v) is 14.4. The molecule has 2 aromatic rings. The zero-order valence-corrected chi connectivity index (χ0v) is 24.9. The first-order valence-electron chi connectivity index (χ1n) is 14.4. The number of carbonyl (C=O) groups is 3. The van der Waals surface area contributed by atoms with Crippen LogP contribution in [0.15, 0.2) is 36.5 Å². The monoisotopic (exact) mass is 608 g/mol. The van der Waals surface area contributed by atoms with Gasteiger partial charge in [0.25, 0.3) is 5.91 Å². The lowest BCUT2D eigenvalue weighted by atomic mass is 9.78. The van der Waals surface area contributed by atoms with Gasteiger partial charge in [0.1, 0.15) is 12.1 Å². The Balaban J connectivity index is 1.79. The van der Waals surface area contributed by atoms with Crippen molar-refractivity contribution in [2.24, 2.45) is 11.8 Å². The second-order valence-electron chi connectivity index (χ2n) is 10.7. The molecule has 1 aliphatic heterocycles. The molecule has 3 rings (SSSR count). The number of carbonyl (C=O) groups excluding carboxylic acids is 3. The summed E-state index contributed by atoms with van der Waals surface area (Å²) in [5.74, 6) is -1.68. The summed E-state index contributed by atoms with van der Waals surface area (Å²) in [5.41, 5.74) is -0.0691. The van der Waals surface area contributed by atoms with E-state index in [-0.39, 0.29) is 35.4 Å². The molecule has 4 atom stereocenters. The fourth-order valence-electron chi connectivity index (χ4n) is 5.37. The molecule has 12 heteroatoms. The molecular formula is C31H39F3N2O7. The van der Waals surface area contributed by atoms with E-state index in [2.05, 4.69) is 17.2 Å². The molecule has 0 bridgehead atoms. The fourth-order valence-corrected chi connectivity index (χ4v) is 5.37. The van der Waals surface area contributed by atoms with Gasteiger partial charge in [-0.2, -0.15) is 13.2 Å². The molecule has 0 aliphatic carbocycles. The van der Waals surface area contributed by atoms with Crippen molar-refractivity contribution in [3.05, 3.63) is 53.3 Å². The van der Waals surface area contributed by atoms with E-state index in [9.17, 15) is 27.6 Å². The topological polar surface area (TPSA) is 113 Å². The Morgan fingerprint density at radius 3 is 2.49 bits per heavy atom. The maximum absolute atomic E-state index is 13.3. The molecule has 9 nitrogen and oxygen atoms in total. The summed E-state index contributed by atoms with van der Waals surface area (Å²) in [7, 11) is 1.38. The number of nitrogens with zero attached hydrogens (tertiary/aromatic N) is 1. The van der Waals surface area contributed by atoms with Gasteiger partial charge >= 0.3 is 18.1 Å². The average molecular weight is 609 g/mol. The van der Waals surface area contributed by atoms with Crippen molar-refractivity contribution in [3.8, 4) is 11.5 Å². The maximum atomic E-state index is 13.3. The van der Waals surface area contributed by atoms with E-state index < -0.39 is 48.5 Å². The fraction of sp³-hybridized carbons (Fsp3) is 0.548. The Labute approximate surface area is 249 Å². The molecule has 1 aromatic carbocycles. The number of rotatable bonds is 11. The third-order valence-corrected chi connectivity index (χ3v) is 7.61. The molecule has 1 saturated heterocycles. The smallest absolute Gasteiger partial charge is 0.416 e. The number of nitrogens with one attached hydrogen (secondary N) is 1. The second kappa shape index (κ2) is 15.6. The van der Waals surface area contributed by atoms with Crippen molar-refractivity contribution in [3.63, 3.8) is 0 Å². The number of methoxy groups -OCH3 is 1. The SMILES string of the molecule is CCCC[C@@H]1[C@@H](Cc2ccc(C(F)(F)F)cc2)CCCC(NC(=O)c2nccc(OC)c2OCOC(C)=O)C(=O)O[C@H]1C. The quantitative estimate of drug-likeness (QED) is 0.248. The van der Waals surface area contributed by atoms with Crippen LogP contribution in [-0.2, 0) is 31.7 Å². The summed E-state index contributed by atoms with van der Waals surface area (Å²) in [5, 5.41) is 2.71. The van der Waals surface area contributed by atoms with Gasteiger partial charge in [0.05, 0.1) is 12.7 Å². The molecule has 1 fully saturated rings. The molecule has 1 aliphatic rings. The number of benzene rings is 1. The van der Waals surface area contributed by atoms with Crippen LogP contribution in [0.3, 0.4) is 0 Å². The van der Waals surface area contributed by atoms with Gasteiger partial charge in [-0.1, -0.05) is 38.3 Å². The van der Waals surface area contributed by atoms with Crippen LogP contribution in [-0.4, -0.2) is 48.9 Å². The number of cyclic esters (lactones) is 1.